The van der Waals surface area contributed by atoms with Crippen LogP contribution >= 0.6 is 0 Å². The number of carbonyl (C=O) groups excluding carboxylic acids is 2. The van der Waals surface area contributed by atoms with Crippen molar-refractivity contribution < 1.29 is 14.7 Å². The molecule has 1 N–H and O–H groups in total. The van der Waals surface area contributed by atoms with E-state index in [9.17, 15) is 14.7 Å². The molecule has 1 unspecified atom stereocenters. The summed E-state index contributed by atoms with van der Waals surface area (Å²) in [5.74, 6) is -0.898. The molecular weight excluding hydrogens is 278 g/mol. The van der Waals surface area contributed by atoms with E-state index in [1.54, 1.807) is 11.8 Å². The van der Waals surface area contributed by atoms with Crippen molar-refractivity contribution in [2.45, 2.75) is 51.1 Å². The second-order valence-electron chi connectivity index (χ2n) is 6.00. The maximum atomic E-state index is 12.6. The van der Waals surface area contributed by atoms with Crippen LogP contribution in [0, 0.1) is 0 Å². The molecule has 0 bridgehead atoms. The highest BCUT2D eigenvalue weighted by Crippen LogP contribution is 2.42. The van der Waals surface area contributed by atoms with Gasteiger partial charge in [-0.15, -0.1) is 0 Å². The average molecular weight is 299 g/mol. The van der Waals surface area contributed by atoms with E-state index in [1.807, 2.05) is 30.3 Å². The number of aliphatic hydroxyl groups is 1. The zero-order valence-corrected chi connectivity index (χ0v) is 12.8. The van der Waals surface area contributed by atoms with Crippen LogP contribution in [0.15, 0.2) is 41.7 Å². The van der Waals surface area contributed by atoms with Crippen LogP contribution in [-0.4, -0.2) is 27.7 Å². The molecule has 0 saturated heterocycles. The van der Waals surface area contributed by atoms with E-state index in [1.165, 1.54) is 0 Å². The van der Waals surface area contributed by atoms with Crippen LogP contribution in [-0.2, 0) is 9.59 Å². The molecule has 4 nitrogen and oxygen atoms in total. The second-order valence-corrected chi connectivity index (χ2v) is 6.00. The van der Waals surface area contributed by atoms with Crippen LogP contribution in [0.2, 0.25) is 0 Å². The Morgan fingerprint density at radius 1 is 1.23 bits per heavy atom. The van der Waals surface area contributed by atoms with Crippen molar-refractivity contribution >= 4 is 11.7 Å². The number of carbonyl (C=O) groups is 2. The number of aliphatic hydroxyl groups excluding tert-OH is 1. The molecule has 1 heterocycles. The quantitative estimate of drug-likeness (QED) is 0.928. The summed E-state index contributed by atoms with van der Waals surface area (Å²) in [6, 6.07) is 9.21. The first-order valence-corrected chi connectivity index (χ1v) is 7.99. The molecule has 1 amide bonds. The molecule has 1 aromatic carbocycles. The first kappa shape index (κ1) is 14.8. The Bertz CT molecular complexity index is 614. The van der Waals surface area contributed by atoms with Gasteiger partial charge in [-0.3, -0.25) is 9.59 Å². The third kappa shape index (κ3) is 2.32. The fraction of sp³-hybridized carbons (Fsp3) is 0.444. The smallest absolute Gasteiger partial charge is 0.290 e. The number of ketones is 1. The maximum absolute atomic E-state index is 12.6. The zero-order chi connectivity index (χ0) is 15.7. The highest BCUT2D eigenvalue weighted by atomic mass is 16.3. The number of hydrogen-bond donors (Lipinski definition) is 1. The number of nitrogens with zero attached hydrogens (tertiary/aromatic N) is 1. The summed E-state index contributed by atoms with van der Waals surface area (Å²) in [4.78, 5) is 26.6. The topological polar surface area (TPSA) is 57.6 Å². The van der Waals surface area contributed by atoms with Crippen LogP contribution < -0.4 is 0 Å². The fourth-order valence-corrected chi connectivity index (χ4v) is 3.62. The van der Waals surface area contributed by atoms with Gasteiger partial charge in [0.1, 0.15) is 0 Å². The van der Waals surface area contributed by atoms with E-state index >= 15 is 0 Å². The molecular formula is C18H21NO3. The van der Waals surface area contributed by atoms with Gasteiger partial charge in [0.15, 0.2) is 11.5 Å². The Labute approximate surface area is 130 Å². The molecule has 1 aromatic rings. The highest BCUT2D eigenvalue weighted by molar-refractivity contribution is 6.08. The van der Waals surface area contributed by atoms with Crippen molar-refractivity contribution in [1.82, 2.24) is 4.90 Å². The largest absolute Gasteiger partial charge is 0.503 e. The summed E-state index contributed by atoms with van der Waals surface area (Å²) < 4.78 is 0. The SMILES string of the molecule is CCC(=O)C1=C(O)C(=O)N(C2CCCC2)C1c1ccccc1. The summed E-state index contributed by atoms with van der Waals surface area (Å²) in [6.07, 6.45) is 4.35. The van der Waals surface area contributed by atoms with Crippen molar-refractivity contribution in [1.29, 1.82) is 0 Å². The van der Waals surface area contributed by atoms with Gasteiger partial charge in [0, 0.05) is 12.5 Å². The minimum atomic E-state index is -0.441. The first-order valence-electron chi connectivity index (χ1n) is 7.99. The molecule has 1 aliphatic carbocycles. The molecule has 2 aliphatic rings. The Morgan fingerprint density at radius 3 is 2.45 bits per heavy atom. The summed E-state index contributed by atoms with van der Waals surface area (Å²) in [5.41, 5.74) is 1.16. The molecule has 1 aliphatic heterocycles. The van der Waals surface area contributed by atoms with Gasteiger partial charge in [0.05, 0.1) is 11.6 Å². The van der Waals surface area contributed by atoms with E-state index in [0.29, 0.717) is 0 Å². The minimum Gasteiger partial charge on any atom is -0.503 e. The summed E-state index contributed by atoms with van der Waals surface area (Å²) >= 11 is 0. The molecule has 0 spiro atoms. The van der Waals surface area contributed by atoms with Gasteiger partial charge < -0.3 is 10.0 Å². The van der Waals surface area contributed by atoms with Gasteiger partial charge in [0.2, 0.25) is 0 Å². The third-order valence-corrected chi connectivity index (χ3v) is 4.70. The van der Waals surface area contributed by atoms with Crippen LogP contribution in [0.1, 0.15) is 50.6 Å². The van der Waals surface area contributed by atoms with E-state index in [0.717, 1.165) is 31.2 Å². The highest BCUT2D eigenvalue weighted by Gasteiger charge is 2.46. The lowest BCUT2D eigenvalue weighted by Gasteiger charge is -2.32. The van der Waals surface area contributed by atoms with E-state index in [2.05, 4.69) is 0 Å². The van der Waals surface area contributed by atoms with E-state index in [-0.39, 0.29) is 29.6 Å². The van der Waals surface area contributed by atoms with Gasteiger partial charge in [-0.25, -0.2) is 0 Å². The first-order chi connectivity index (χ1) is 10.6. The predicted molar refractivity (Wildman–Crippen MR) is 83.2 cm³/mol. The van der Waals surface area contributed by atoms with E-state index < -0.39 is 11.9 Å². The van der Waals surface area contributed by atoms with Crippen molar-refractivity contribution in [2.75, 3.05) is 0 Å². The molecule has 3 rings (SSSR count). The van der Waals surface area contributed by atoms with Gasteiger partial charge >= 0.3 is 0 Å². The van der Waals surface area contributed by atoms with Crippen molar-refractivity contribution in [2.24, 2.45) is 0 Å². The van der Waals surface area contributed by atoms with Crippen molar-refractivity contribution in [3.8, 4) is 0 Å². The van der Waals surface area contributed by atoms with Crippen molar-refractivity contribution in [3.63, 3.8) is 0 Å². The Balaban J connectivity index is 2.07. The minimum absolute atomic E-state index is 0.113. The van der Waals surface area contributed by atoms with Gasteiger partial charge in [-0.05, 0) is 18.4 Å². The lowest BCUT2D eigenvalue weighted by Crippen LogP contribution is -2.38. The number of hydrogen-bond acceptors (Lipinski definition) is 3. The standard InChI is InChI=1S/C18H21NO3/c1-2-14(20)15-16(12-8-4-3-5-9-12)19(18(22)17(15)21)13-10-6-7-11-13/h3-5,8-9,13,16,21H,2,6-7,10-11H2,1H3. The van der Waals surface area contributed by atoms with Crippen LogP contribution in [0.3, 0.4) is 0 Å². The number of rotatable bonds is 4. The lowest BCUT2D eigenvalue weighted by atomic mass is 9.94. The lowest BCUT2D eigenvalue weighted by molar-refractivity contribution is -0.131. The monoisotopic (exact) mass is 299 g/mol. The Kier molecular flexibility index (Phi) is 4.01. The van der Waals surface area contributed by atoms with Gasteiger partial charge in [0.25, 0.3) is 5.91 Å². The van der Waals surface area contributed by atoms with Crippen LogP contribution in [0.4, 0.5) is 0 Å². The molecule has 1 atom stereocenters. The maximum Gasteiger partial charge on any atom is 0.290 e. The second kappa shape index (κ2) is 5.95. The molecule has 1 fully saturated rings. The molecule has 1 saturated carbocycles. The normalized spacial score (nSPS) is 22.7. The number of Topliss-reactive ketones (excluding diaryl/α,β-unsaturated/α-hetero) is 1. The summed E-state index contributed by atoms with van der Waals surface area (Å²) in [6.45, 7) is 1.76. The molecule has 116 valence electrons. The Morgan fingerprint density at radius 2 is 1.86 bits per heavy atom. The van der Waals surface area contributed by atoms with Gasteiger partial charge in [-0.2, -0.15) is 0 Å². The third-order valence-electron chi connectivity index (χ3n) is 4.70. The summed E-state index contributed by atoms with van der Waals surface area (Å²) in [7, 11) is 0. The average Bonchev–Trinajstić information content (AvgIpc) is 3.15. The van der Waals surface area contributed by atoms with Crippen LogP contribution in [0.25, 0.3) is 0 Å². The molecule has 22 heavy (non-hydrogen) atoms. The van der Waals surface area contributed by atoms with Gasteiger partial charge in [-0.1, -0.05) is 50.1 Å². The fourth-order valence-electron chi connectivity index (χ4n) is 3.62. The summed E-state index contributed by atoms with van der Waals surface area (Å²) in [5, 5.41) is 10.3. The Hall–Kier alpha value is -2.10. The molecule has 4 heteroatoms. The van der Waals surface area contributed by atoms with Crippen LogP contribution in [0.5, 0.6) is 0 Å². The predicted octanol–water partition coefficient (Wildman–Crippen LogP) is 3.30. The van der Waals surface area contributed by atoms with E-state index in [4.69, 9.17) is 0 Å². The number of benzene rings is 1. The van der Waals surface area contributed by atoms with Crippen molar-refractivity contribution in [3.05, 3.63) is 47.2 Å². The number of amides is 1. The molecule has 0 aromatic heterocycles. The zero-order valence-electron chi connectivity index (χ0n) is 12.8. The molecule has 0 radical (unpaired) electrons.